The molecule has 0 aromatic heterocycles. The number of hydrogen-bond donors (Lipinski definition) is 0. The van der Waals surface area contributed by atoms with Crippen molar-refractivity contribution in [3.05, 3.63) is 33.8 Å². The molecule has 0 saturated heterocycles. The molecule has 0 N–H and O–H groups in total. The Bertz CT molecular complexity index is 351. The zero-order valence-corrected chi connectivity index (χ0v) is 8.53. The van der Waals surface area contributed by atoms with E-state index in [1.807, 2.05) is 0 Å². The number of aryl methyl sites for hydroxylation is 1. The molecule has 0 radical (unpaired) electrons. The lowest BCUT2D eigenvalue weighted by Crippen LogP contribution is -1.98. The highest BCUT2D eigenvalue weighted by Gasteiger charge is 2.16. The third kappa shape index (κ3) is 2.10. The van der Waals surface area contributed by atoms with Crippen LogP contribution in [0.4, 0.5) is 8.78 Å². The van der Waals surface area contributed by atoms with E-state index < -0.39 is 6.43 Å². The third-order valence-corrected chi connectivity index (χ3v) is 2.27. The number of alkyl halides is 2. The van der Waals surface area contributed by atoms with Crippen molar-refractivity contribution in [3.63, 3.8) is 0 Å². The Morgan fingerprint density at radius 2 is 2.00 bits per heavy atom. The average molecular weight is 219 g/mol. The Morgan fingerprint density at radius 1 is 1.43 bits per heavy atom. The summed E-state index contributed by atoms with van der Waals surface area (Å²) in [5.74, 6) is -0.184. The van der Waals surface area contributed by atoms with Crippen LogP contribution in [0.2, 0.25) is 5.02 Å². The highest BCUT2D eigenvalue weighted by atomic mass is 35.5. The first-order valence-corrected chi connectivity index (χ1v) is 4.40. The molecule has 0 heterocycles. The smallest absolute Gasteiger partial charge is 0.265 e. The molecule has 0 fully saturated rings. The van der Waals surface area contributed by atoms with Gasteiger partial charge in [0.1, 0.15) is 0 Å². The van der Waals surface area contributed by atoms with E-state index in [9.17, 15) is 13.6 Å². The minimum atomic E-state index is -2.61. The van der Waals surface area contributed by atoms with Crippen LogP contribution in [0.5, 0.6) is 0 Å². The Hall–Kier alpha value is -0.960. The summed E-state index contributed by atoms with van der Waals surface area (Å²) < 4.78 is 24.9. The monoisotopic (exact) mass is 218 g/mol. The fourth-order valence-corrected chi connectivity index (χ4v) is 1.58. The van der Waals surface area contributed by atoms with Gasteiger partial charge in [0.25, 0.3) is 6.43 Å². The number of benzene rings is 1. The van der Waals surface area contributed by atoms with E-state index in [1.54, 1.807) is 0 Å². The lowest BCUT2D eigenvalue weighted by atomic mass is 10.0. The zero-order chi connectivity index (χ0) is 10.9. The third-order valence-electron chi connectivity index (χ3n) is 1.96. The first-order valence-electron chi connectivity index (χ1n) is 4.02. The van der Waals surface area contributed by atoms with Crippen LogP contribution in [-0.4, -0.2) is 5.78 Å². The van der Waals surface area contributed by atoms with Gasteiger partial charge in [0, 0.05) is 11.1 Å². The molecule has 4 heteroatoms. The molecular formula is C10H9ClF2O. The largest absolute Gasteiger partial charge is 0.295 e. The number of carbonyl (C=O) groups is 1. The summed E-state index contributed by atoms with van der Waals surface area (Å²) in [4.78, 5) is 11.0. The van der Waals surface area contributed by atoms with Gasteiger partial charge in [-0.25, -0.2) is 8.78 Å². The van der Waals surface area contributed by atoms with E-state index in [4.69, 9.17) is 11.6 Å². The van der Waals surface area contributed by atoms with Gasteiger partial charge in [-0.2, -0.15) is 0 Å². The maximum Gasteiger partial charge on any atom is 0.265 e. The first kappa shape index (κ1) is 11.1. The van der Waals surface area contributed by atoms with Gasteiger partial charge in [-0.3, -0.25) is 4.79 Å². The summed E-state index contributed by atoms with van der Waals surface area (Å²) in [5, 5.41) is -0.0507. The first-order chi connectivity index (χ1) is 6.43. The molecule has 1 aromatic rings. The molecule has 0 bridgehead atoms. The number of Topliss-reactive ketones (excluding diaryl/α,β-unsaturated/α-hetero) is 1. The fourth-order valence-electron chi connectivity index (χ4n) is 1.23. The highest BCUT2D eigenvalue weighted by Crippen LogP contribution is 2.31. The molecule has 14 heavy (non-hydrogen) atoms. The quantitative estimate of drug-likeness (QED) is 0.691. The molecule has 1 aromatic carbocycles. The Labute approximate surface area is 85.7 Å². The van der Waals surface area contributed by atoms with Crippen molar-refractivity contribution < 1.29 is 13.6 Å². The van der Waals surface area contributed by atoms with Crippen molar-refractivity contribution in [1.29, 1.82) is 0 Å². The van der Waals surface area contributed by atoms with Gasteiger partial charge in [0.15, 0.2) is 5.78 Å². The van der Waals surface area contributed by atoms with Crippen LogP contribution in [0.15, 0.2) is 12.1 Å². The van der Waals surface area contributed by atoms with Crippen LogP contribution in [0.1, 0.15) is 34.8 Å². The summed E-state index contributed by atoms with van der Waals surface area (Å²) in [6, 6.07) is 2.70. The number of halogens is 3. The number of carbonyl (C=O) groups excluding carboxylic acids is 1. The molecule has 1 nitrogen and oxygen atoms in total. The molecular weight excluding hydrogens is 210 g/mol. The maximum atomic E-state index is 12.5. The lowest BCUT2D eigenvalue weighted by Gasteiger charge is -2.08. The van der Waals surface area contributed by atoms with Crippen LogP contribution >= 0.6 is 11.6 Å². The van der Waals surface area contributed by atoms with E-state index in [2.05, 4.69) is 0 Å². The van der Waals surface area contributed by atoms with E-state index in [0.717, 1.165) is 0 Å². The Balaban J connectivity index is 3.32. The van der Waals surface area contributed by atoms with Gasteiger partial charge >= 0.3 is 0 Å². The second kappa shape index (κ2) is 4.05. The molecule has 76 valence electrons. The van der Waals surface area contributed by atoms with Gasteiger partial charge in [0.2, 0.25) is 0 Å². The van der Waals surface area contributed by atoms with Crippen molar-refractivity contribution in [2.24, 2.45) is 0 Å². The molecule has 0 aliphatic carbocycles. The van der Waals surface area contributed by atoms with Crippen molar-refractivity contribution in [2.45, 2.75) is 20.3 Å². The molecule has 0 unspecified atom stereocenters. The van der Waals surface area contributed by atoms with Gasteiger partial charge in [0.05, 0.1) is 5.02 Å². The average Bonchev–Trinajstić information content (AvgIpc) is 2.01. The Kier molecular flexibility index (Phi) is 3.21. The molecule has 0 amide bonds. The molecule has 0 spiro atoms. The van der Waals surface area contributed by atoms with E-state index >= 15 is 0 Å². The van der Waals surface area contributed by atoms with Gasteiger partial charge in [-0.1, -0.05) is 11.6 Å². The standard InChI is InChI=1S/C10H9ClF2O/c1-5-3-7(6(2)14)4-8(11)9(5)10(12)13/h3-4,10H,1-2H3. The zero-order valence-electron chi connectivity index (χ0n) is 7.77. The van der Waals surface area contributed by atoms with Crippen molar-refractivity contribution in [3.8, 4) is 0 Å². The van der Waals surface area contributed by atoms with Crippen molar-refractivity contribution in [1.82, 2.24) is 0 Å². The van der Waals surface area contributed by atoms with Crippen LogP contribution < -0.4 is 0 Å². The maximum absolute atomic E-state index is 12.5. The topological polar surface area (TPSA) is 17.1 Å². The summed E-state index contributed by atoms with van der Waals surface area (Å²) >= 11 is 5.64. The second-order valence-electron chi connectivity index (χ2n) is 3.05. The number of hydrogen-bond acceptors (Lipinski definition) is 1. The number of ketones is 1. The van der Waals surface area contributed by atoms with Crippen LogP contribution in [0, 0.1) is 6.92 Å². The van der Waals surface area contributed by atoms with E-state index in [0.29, 0.717) is 11.1 Å². The fraction of sp³-hybridized carbons (Fsp3) is 0.300. The molecule has 0 saturated carbocycles. The normalized spacial score (nSPS) is 10.7. The second-order valence-corrected chi connectivity index (χ2v) is 3.45. The van der Waals surface area contributed by atoms with E-state index in [1.165, 1.54) is 26.0 Å². The SMILES string of the molecule is CC(=O)c1cc(C)c(C(F)F)c(Cl)c1. The van der Waals surface area contributed by atoms with Gasteiger partial charge < -0.3 is 0 Å². The van der Waals surface area contributed by atoms with Gasteiger partial charge in [-0.15, -0.1) is 0 Å². The predicted molar refractivity (Wildman–Crippen MR) is 51.2 cm³/mol. The highest BCUT2D eigenvalue weighted by molar-refractivity contribution is 6.31. The summed E-state index contributed by atoms with van der Waals surface area (Å²) in [6.45, 7) is 2.88. The van der Waals surface area contributed by atoms with Crippen LogP contribution in [0.3, 0.4) is 0 Å². The van der Waals surface area contributed by atoms with Gasteiger partial charge in [-0.05, 0) is 31.5 Å². The minimum Gasteiger partial charge on any atom is -0.295 e. The number of rotatable bonds is 2. The van der Waals surface area contributed by atoms with E-state index in [-0.39, 0.29) is 16.4 Å². The lowest BCUT2D eigenvalue weighted by molar-refractivity contribution is 0.101. The molecule has 1 rings (SSSR count). The summed E-state index contributed by atoms with van der Waals surface area (Å²) in [6.07, 6.45) is -2.61. The summed E-state index contributed by atoms with van der Waals surface area (Å²) in [7, 11) is 0. The summed E-state index contributed by atoms with van der Waals surface area (Å²) in [5.41, 5.74) is 0.506. The molecule has 0 aliphatic heterocycles. The van der Waals surface area contributed by atoms with Crippen molar-refractivity contribution in [2.75, 3.05) is 0 Å². The minimum absolute atomic E-state index is 0.0507. The Morgan fingerprint density at radius 3 is 2.36 bits per heavy atom. The molecule has 0 aliphatic rings. The predicted octanol–water partition coefficient (Wildman–Crippen LogP) is 3.79. The van der Waals surface area contributed by atoms with Crippen LogP contribution in [0.25, 0.3) is 0 Å². The molecule has 0 atom stereocenters. The van der Waals surface area contributed by atoms with Crippen molar-refractivity contribution >= 4 is 17.4 Å². The van der Waals surface area contributed by atoms with Crippen LogP contribution in [-0.2, 0) is 0 Å².